The van der Waals surface area contributed by atoms with Crippen molar-refractivity contribution in [2.45, 2.75) is 25.0 Å². The van der Waals surface area contributed by atoms with Crippen LogP contribution >= 0.6 is 11.3 Å². The van der Waals surface area contributed by atoms with Crippen LogP contribution in [0.15, 0.2) is 48.2 Å². The summed E-state index contributed by atoms with van der Waals surface area (Å²) >= 11 is 1.62. The summed E-state index contributed by atoms with van der Waals surface area (Å²) in [5.41, 5.74) is 1.80. The quantitative estimate of drug-likeness (QED) is 0.685. The standard InChI is InChI=1S/C21H22FN5OS/c22-16-3-1-13(2-4-16)18-12-29-21(26-18)27-10-14-7-17(19(28)8-15(14)11-27)25-20-9-23-5-6-24-20/h1-6,9,12,14-15,17,19,28H,7-8,10-11H2,(H,24,25)/t14-,15+,17-,19-/m1/s1. The highest BCUT2D eigenvalue weighted by Crippen LogP contribution is 2.40. The minimum Gasteiger partial charge on any atom is -0.391 e. The van der Waals surface area contributed by atoms with Crippen LogP contribution in [0, 0.1) is 17.7 Å². The van der Waals surface area contributed by atoms with Gasteiger partial charge in [0.1, 0.15) is 11.6 Å². The van der Waals surface area contributed by atoms with Crippen LogP contribution in [0.5, 0.6) is 0 Å². The van der Waals surface area contributed by atoms with E-state index in [1.807, 2.05) is 5.38 Å². The molecule has 0 unspecified atom stereocenters. The molecular weight excluding hydrogens is 389 g/mol. The van der Waals surface area contributed by atoms with Crippen molar-refractivity contribution in [3.63, 3.8) is 0 Å². The predicted octanol–water partition coefficient (Wildman–Crippen LogP) is 3.43. The molecule has 1 aliphatic heterocycles. The van der Waals surface area contributed by atoms with E-state index in [9.17, 15) is 9.50 Å². The summed E-state index contributed by atoms with van der Waals surface area (Å²) in [5.74, 6) is 1.43. The van der Waals surface area contributed by atoms with Gasteiger partial charge in [0.25, 0.3) is 0 Å². The molecule has 1 saturated carbocycles. The fraction of sp³-hybridized carbons (Fsp3) is 0.381. The molecule has 2 aliphatic rings. The molecule has 2 N–H and O–H groups in total. The van der Waals surface area contributed by atoms with Crippen molar-refractivity contribution in [2.75, 3.05) is 23.3 Å². The van der Waals surface area contributed by atoms with E-state index >= 15 is 0 Å². The van der Waals surface area contributed by atoms with E-state index in [0.29, 0.717) is 17.7 Å². The smallest absolute Gasteiger partial charge is 0.185 e. The highest BCUT2D eigenvalue weighted by Gasteiger charge is 2.42. The molecule has 1 aliphatic carbocycles. The SMILES string of the molecule is O[C@@H]1C[C@H]2CN(c3nc(-c4ccc(F)cc4)cs3)C[C@H]2C[C@H]1Nc1cnccn1. The molecule has 0 bridgehead atoms. The molecule has 0 amide bonds. The summed E-state index contributed by atoms with van der Waals surface area (Å²) < 4.78 is 13.2. The second-order valence-electron chi connectivity index (χ2n) is 7.83. The van der Waals surface area contributed by atoms with Crippen LogP contribution in [-0.4, -0.2) is 45.3 Å². The molecule has 0 radical (unpaired) electrons. The van der Waals surface area contributed by atoms with Gasteiger partial charge in [-0.3, -0.25) is 4.98 Å². The Morgan fingerprint density at radius 1 is 1.10 bits per heavy atom. The molecule has 2 aromatic heterocycles. The van der Waals surface area contributed by atoms with Gasteiger partial charge in [0, 0.05) is 36.4 Å². The molecule has 8 heteroatoms. The first-order valence-corrected chi connectivity index (χ1v) is 10.7. The fourth-order valence-corrected chi connectivity index (χ4v) is 5.32. The van der Waals surface area contributed by atoms with Crippen LogP contribution in [0.3, 0.4) is 0 Å². The maximum atomic E-state index is 13.2. The Kier molecular flexibility index (Phi) is 4.89. The molecule has 0 spiro atoms. The molecule has 3 aromatic rings. The van der Waals surface area contributed by atoms with Gasteiger partial charge in [0.15, 0.2) is 5.13 Å². The zero-order valence-corrected chi connectivity index (χ0v) is 16.6. The van der Waals surface area contributed by atoms with E-state index in [0.717, 1.165) is 42.3 Å². The lowest BCUT2D eigenvalue weighted by molar-refractivity contribution is 0.0737. The highest BCUT2D eigenvalue weighted by molar-refractivity contribution is 7.14. The van der Waals surface area contributed by atoms with Crippen LogP contribution in [0.2, 0.25) is 0 Å². The van der Waals surface area contributed by atoms with Crippen molar-refractivity contribution in [3.8, 4) is 11.3 Å². The van der Waals surface area contributed by atoms with E-state index in [1.165, 1.54) is 12.1 Å². The highest BCUT2D eigenvalue weighted by atomic mass is 32.1. The van der Waals surface area contributed by atoms with Crippen LogP contribution < -0.4 is 10.2 Å². The number of nitrogens with zero attached hydrogens (tertiary/aromatic N) is 4. The number of hydrogen-bond acceptors (Lipinski definition) is 7. The van der Waals surface area contributed by atoms with E-state index in [-0.39, 0.29) is 11.9 Å². The monoisotopic (exact) mass is 411 g/mol. The number of aliphatic hydroxyl groups is 1. The molecule has 1 saturated heterocycles. The van der Waals surface area contributed by atoms with E-state index in [1.54, 1.807) is 42.1 Å². The van der Waals surface area contributed by atoms with Gasteiger partial charge in [0.2, 0.25) is 0 Å². The number of rotatable bonds is 4. The number of aromatic nitrogens is 3. The Morgan fingerprint density at radius 2 is 1.90 bits per heavy atom. The average molecular weight is 412 g/mol. The minimum atomic E-state index is -0.399. The maximum absolute atomic E-state index is 13.2. The van der Waals surface area contributed by atoms with Gasteiger partial charge >= 0.3 is 0 Å². The summed E-state index contributed by atoms with van der Waals surface area (Å²) in [6.45, 7) is 1.85. The lowest BCUT2D eigenvalue weighted by Gasteiger charge is -2.35. The van der Waals surface area contributed by atoms with Crippen molar-refractivity contribution in [2.24, 2.45) is 11.8 Å². The molecule has 4 atom stereocenters. The molecule has 5 rings (SSSR count). The zero-order valence-electron chi connectivity index (χ0n) is 15.8. The van der Waals surface area contributed by atoms with Gasteiger partial charge in [-0.25, -0.2) is 14.4 Å². The van der Waals surface area contributed by atoms with Crippen molar-refractivity contribution in [1.82, 2.24) is 15.0 Å². The largest absolute Gasteiger partial charge is 0.391 e. The fourth-order valence-electron chi connectivity index (χ4n) is 4.47. The summed E-state index contributed by atoms with van der Waals surface area (Å²) in [4.78, 5) is 15.5. The van der Waals surface area contributed by atoms with Crippen LogP contribution in [-0.2, 0) is 0 Å². The number of hydrogen-bond donors (Lipinski definition) is 2. The molecule has 150 valence electrons. The van der Waals surface area contributed by atoms with Gasteiger partial charge in [-0.2, -0.15) is 0 Å². The summed E-state index contributed by atoms with van der Waals surface area (Å²) in [5, 5.41) is 17.0. The van der Waals surface area contributed by atoms with E-state index in [2.05, 4.69) is 20.2 Å². The Hall–Kier alpha value is -2.58. The normalized spacial score (nSPS) is 26.3. The molecule has 29 heavy (non-hydrogen) atoms. The molecule has 2 fully saturated rings. The van der Waals surface area contributed by atoms with Gasteiger partial charge in [-0.1, -0.05) is 0 Å². The zero-order chi connectivity index (χ0) is 19.8. The number of anilines is 2. The number of halogens is 1. The first kappa shape index (κ1) is 18.4. The van der Waals surface area contributed by atoms with Crippen molar-refractivity contribution < 1.29 is 9.50 Å². The molecule has 6 nitrogen and oxygen atoms in total. The Balaban J connectivity index is 1.27. The summed E-state index contributed by atoms with van der Waals surface area (Å²) in [6, 6.07) is 6.43. The number of thiazole rings is 1. The summed E-state index contributed by atoms with van der Waals surface area (Å²) in [6.07, 6.45) is 6.25. The average Bonchev–Trinajstić information content (AvgIpc) is 3.37. The Labute approximate surface area is 172 Å². The van der Waals surface area contributed by atoms with Gasteiger partial charge in [-0.05, 0) is 48.9 Å². The Bertz CT molecular complexity index is 967. The number of nitrogens with one attached hydrogen (secondary N) is 1. The second kappa shape index (κ2) is 7.68. The topological polar surface area (TPSA) is 74.2 Å². The van der Waals surface area contributed by atoms with Gasteiger partial charge in [0.05, 0.1) is 24.0 Å². The lowest BCUT2D eigenvalue weighted by atomic mass is 9.77. The predicted molar refractivity (Wildman–Crippen MR) is 111 cm³/mol. The number of aliphatic hydroxyl groups excluding tert-OH is 1. The number of fused-ring (bicyclic) bond motifs is 1. The van der Waals surface area contributed by atoms with Gasteiger partial charge < -0.3 is 15.3 Å². The van der Waals surface area contributed by atoms with Crippen LogP contribution in [0.1, 0.15) is 12.8 Å². The molecular formula is C21H22FN5OS. The third-order valence-corrected chi connectivity index (χ3v) is 6.84. The van der Waals surface area contributed by atoms with E-state index < -0.39 is 6.10 Å². The van der Waals surface area contributed by atoms with Crippen LogP contribution in [0.4, 0.5) is 15.3 Å². The number of benzene rings is 1. The minimum absolute atomic E-state index is 0.0148. The maximum Gasteiger partial charge on any atom is 0.185 e. The van der Waals surface area contributed by atoms with Crippen molar-refractivity contribution >= 4 is 22.3 Å². The van der Waals surface area contributed by atoms with E-state index in [4.69, 9.17) is 4.98 Å². The third-order valence-electron chi connectivity index (χ3n) is 5.94. The van der Waals surface area contributed by atoms with Crippen molar-refractivity contribution in [3.05, 3.63) is 54.1 Å². The summed E-state index contributed by atoms with van der Waals surface area (Å²) in [7, 11) is 0. The first-order valence-electron chi connectivity index (χ1n) is 9.83. The first-order chi connectivity index (χ1) is 14.2. The lowest BCUT2D eigenvalue weighted by Crippen LogP contribution is -2.43. The van der Waals surface area contributed by atoms with Gasteiger partial charge in [-0.15, -0.1) is 11.3 Å². The van der Waals surface area contributed by atoms with Crippen LogP contribution in [0.25, 0.3) is 11.3 Å². The third kappa shape index (κ3) is 3.82. The second-order valence-corrected chi connectivity index (χ2v) is 8.66. The molecule has 1 aromatic carbocycles. The van der Waals surface area contributed by atoms with Crippen molar-refractivity contribution in [1.29, 1.82) is 0 Å². The Morgan fingerprint density at radius 3 is 2.66 bits per heavy atom. The molecule has 3 heterocycles.